The fraction of sp³-hybridized carbons (Fsp3) is 0.391. The maximum atomic E-state index is 13.7. The van der Waals surface area contributed by atoms with E-state index >= 15 is 0 Å². The van der Waals surface area contributed by atoms with Gasteiger partial charge in [0.15, 0.2) is 0 Å². The van der Waals surface area contributed by atoms with E-state index in [9.17, 15) is 23.1 Å². The van der Waals surface area contributed by atoms with Crippen molar-refractivity contribution in [3.63, 3.8) is 0 Å². The van der Waals surface area contributed by atoms with Crippen LogP contribution in [0.5, 0.6) is 0 Å². The number of pyridine rings is 2. The van der Waals surface area contributed by atoms with E-state index in [2.05, 4.69) is 9.88 Å². The van der Waals surface area contributed by atoms with Gasteiger partial charge < -0.3 is 9.51 Å². The minimum atomic E-state index is -3.04. The van der Waals surface area contributed by atoms with Gasteiger partial charge in [0.1, 0.15) is 5.15 Å². The van der Waals surface area contributed by atoms with Gasteiger partial charge in [0.25, 0.3) is 6.43 Å². The molecule has 4 rings (SSSR count). The van der Waals surface area contributed by atoms with Crippen LogP contribution in [0.2, 0.25) is 5.15 Å². The van der Waals surface area contributed by atoms with Gasteiger partial charge in [-0.05, 0) is 49.2 Å². The van der Waals surface area contributed by atoms with Crippen LogP contribution in [0.25, 0.3) is 16.6 Å². The van der Waals surface area contributed by atoms with E-state index in [-0.39, 0.29) is 24.7 Å². The Balaban J connectivity index is 1.74. The standard InChI is InChI=1S/C23H24ClF3N4O2/c1-13-17(23(32)33)12-18-16(15-3-5-28-19(24)11-15)4-6-31(18)20(13)14(2)29-7-9-30(10-8-29)22(27)21(25)26/h3-6,11-12,14,21-22H,7-10H2,1-2H3,(H,32,33). The molecule has 1 aliphatic heterocycles. The second kappa shape index (κ2) is 9.32. The molecule has 0 spiro atoms. The number of carboxylic acid groups (broad SMARTS) is 1. The lowest BCUT2D eigenvalue weighted by atomic mass is 9.99. The number of piperazine rings is 1. The minimum absolute atomic E-state index is 0.170. The van der Waals surface area contributed by atoms with Crippen molar-refractivity contribution in [2.45, 2.75) is 32.6 Å². The Morgan fingerprint density at radius 3 is 2.39 bits per heavy atom. The Hall–Kier alpha value is -2.62. The molecule has 1 aliphatic rings. The number of fused-ring (bicyclic) bond motifs is 1. The van der Waals surface area contributed by atoms with Gasteiger partial charge in [-0.2, -0.15) is 0 Å². The van der Waals surface area contributed by atoms with E-state index in [4.69, 9.17) is 11.6 Å². The van der Waals surface area contributed by atoms with Gasteiger partial charge in [-0.3, -0.25) is 9.80 Å². The number of nitrogens with zero attached hydrogens (tertiary/aromatic N) is 4. The molecule has 176 valence electrons. The average molecular weight is 481 g/mol. The Morgan fingerprint density at radius 2 is 1.79 bits per heavy atom. The van der Waals surface area contributed by atoms with E-state index in [0.29, 0.717) is 29.3 Å². The van der Waals surface area contributed by atoms with Gasteiger partial charge in [0.05, 0.1) is 11.1 Å². The van der Waals surface area contributed by atoms with Gasteiger partial charge in [0.2, 0.25) is 6.30 Å². The predicted octanol–water partition coefficient (Wildman–Crippen LogP) is 4.90. The highest BCUT2D eigenvalue weighted by atomic mass is 35.5. The summed E-state index contributed by atoms with van der Waals surface area (Å²) in [6.45, 7) is 4.84. The molecule has 1 N–H and O–H groups in total. The fourth-order valence-corrected chi connectivity index (χ4v) is 4.79. The summed E-state index contributed by atoms with van der Waals surface area (Å²) < 4.78 is 41.2. The van der Waals surface area contributed by atoms with Crippen LogP contribution in [0.1, 0.15) is 34.6 Å². The molecule has 0 bridgehead atoms. The Bertz CT molecular complexity index is 1180. The van der Waals surface area contributed by atoms with Crippen LogP contribution in [0.15, 0.2) is 36.7 Å². The molecule has 2 unspecified atom stereocenters. The zero-order valence-corrected chi connectivity index (χ0v) is 18.9. The summed E-state index contributed by atoms with van der Waals surface area (Å²) in [5.41, 5.74) is 3.93. The van der Waals surface area contributed by atoms with Crippen molar-refractivity contribution in [2.75, 3.05) is 26.2 Å². The van der Waals surface area contributed by atoms with Crippen LogP contribution < -0.4 is 0 Å². The van der Waals surface area contributed by atoms with Crippen molar-refractivity contribution < 1.29 is 23.1 Å². The molecule has 0 aliphatic carbocycles. The van der Waals surface area contributed by atoms with E-state index in [1.54, 1.807) is 31.3 Å². The van der Waals surface area contributed by atoms with Crippen LogP contribution in [0.3, 0.4) is 0 Å². The van der Waals surface area contributed by atoms with E-state index in [1.807, 2.05) is 23.6 Å². The molecule has 1 saturated heterocycles. The summed E-state index contributed by atoms with van der Waals surface area (Å²) >= 11 is 6.06. The Labute approximate surface area is 194 Å². The number of hydrogen-bond donors (Lipinski definition) is 1. The second-order valence-electron chi connectivity index (χ2n) is 8.18. The normalized spacial score (nSPS) is 17.5. The van der Waals surface area contributed by atoms with Gasteiger partial charge >= 0.3 is 5.97 Å². The summed E-state index contributed by atoms with van der Waals surface area (Å²) in [4.78, 5) is 19.3. The maximum absolute atomic E-state index is 13.7. The lowest BCUT2D eigenvalue weighted by Gasteiger charge is -2.39. The molecule has 2 atom stereocenters. The molecule has 1 fully saturated rings. The van der Waals surface area contributed by atoms with E-state index in [0.717, 1.165) is 21.7 Å². The lowest BCUT2D eigenvalue weighted by molar-refractivity contribution is -0.0688. The first-order valence-electron chi connectivity index (χ1n) is 10.6. The van der Waals surface area contributed by atoms with Gasteiger partial charge in [-0.1, -0.05) is 11.6 Å². The lowest BCUT2D eigenvalue weighted by Crippen LogP contribution is -2.51. The first-order valence-corrected chi connectivity index (χ1v) is 11.0. The average Bonchev–Trinajstić information content (AvgIpc) is 3.21. The number of alkyl halides is 3. The topological polar surface area (TPSA) is 61.1 Å². The Kier molecular flexibility index (Phi) is 6.65. The first kappa shape index (κ1) is 23.5. The largest absolute Gasteiger partial charge is 0.478 e. The molecular weight excluding hydrogens is 457 g/mol. The smallest absolute Gasteiger partial charge is 0.336 e. The van der Waals surface area contributed by atoms with Crippen molar-refractivity contribution in [3.8, 4) is 11.1 Å². The molecule has 3 aromatic rings. The van der Waals surface area contributed by atoms with Crippen LogP contribution in [0, 0.1) is 6.92 Å². The number of carboxylic acids is 1. The molecule has 33 heavy (non-hydrogen) atoms. The van der Waals surface area contributed by atoms with E-state index in [1.165, 1.54) is 0 Å². The highest BCUT2D eigenvalue weighted by Crippen LogP contribution is 2.34. The number of aromatic carboxylic acids is 1. The second-order valence-corrected chi connectivity index (χ2v) is 8.57. The number of carbonyl (C=O) groups is 1. The zero-order chi connectivity index (χ0) is 23.9. The summed E-state index contributed by atoms with van der Waals surface area (Å²) in [6, 6.07) is 6.85. The first-order chi connectivity index (χ1) is 15.7. The number of rotatable bonds is 6. The van der Waals surface area contributed by atoms with Crippen molar-refractivity contribution in [1.29, 1.82) is 0 Å². The highest BCUT2D eigenvalue weighted by molar-refractivity contribution is 6.29. The van der Waals surface area contributed by atoms with Crippen LogP contribution in [0.4, 0.5) is 13.2 Å². The summed E-state index contributed by atoms with van der Waals surface area (Å²) in [5.74, 6) is -1.04. The van der Waals surface area contributed by atoms with Gasteiger partial charge in [-0.25, -0.2) is 22.9 Å². The number of halogens is 4. The van der Waals surface area contributed by atoms with Crippen molar-refractivity contribution in [1.82, 2.24) is 19.2 Å². The molecule has 3 aromatic heterocycles. The van der Waals surface area contributed by atoms with Gasteiger partial charge in [-0.15, -0.1) is 0 Å². The number of hydrogen-bond acceptors (Lipinski definition) is 4. The summed E-state index contributed by atoms with van der Waals surface area (Å²) in [6.07, 6.45) is -1.84. The molecule has 0 radical (unpaired) electrons. The van der Waals surface area contributed by atoms with Crippen LogP contribution in [-0.2, 0) is 0 Å². The van der Waals surface area contributed by atoms with Gasteiger partial charge in [0, 0.05) is 55.9 Å². The fourth-order valence-electron chi connectivity index (χ4n) is 4.62. The highest BCUT2D eigenvalue weighted by Gasteiger charge is 2.32. The van der Waals surface area contributed by atoms with Crippen molar-refractivity contribution >= 4 is 23.1 Å². The quantitative estimate of drug-likeness (QED) is 0.401. The zero-order valence-electron chi connectivity index (χ0n) is 18.2. The van der Waals surface area contributed by atoms with Crippen molar-refractivity contribution in [2.24, 2.45) is 0 Å². The van der Waals surface area contributed by atoms with Crippen LogP contribution in [-0.4, -0.2) is 69.2 Å². The SMILES string of the molecule is Cc1c(C(=O)O)cc2c(-c3ccnc(Cl)c3)ccn2c1C(C)N1CCN(C(F)C(F)F)CC1. The molecular formula is C23H24ClF3N4O2. The molecule has 0 aromatic carbocycles. The maximum Gasteiger partial charge on any atom is 0.336 e. The molecule has 10 heteroatoms. The molecule has 0 saturated carbocycles. The molecule has 4 heterocycles. The number of aromatic nitrogens is 2. The predicted molar refractivity (Wildman–Crippen MR) is 120 cm³/mol. The third kappa shape index (κ3) is 4.45. The third-order valence-corrected chi connectivity index (χ3v) is 6.58. The van der Waals surface area contributed by atoms with E-state index < -0.39 is 18.7 Å². The summed E-state index contributed by atoms with van der Waals surface area (Å²) in [7, 11) is 0. The minimum Gasteiger partial charge on any atom is -0.478 e. The molecule has 0 amide bonds. The Morgan fingerprint density at radius 1 is 1.12 bits per heavy atom. The van der Waals surface area contributed by atoms with Crippen molar-refractivity contribution in [3.05, 3.63) is 58.6 Å². The van der Waals surface area contributed by atoms with Crippen LogP contribution >= 0.6 is 11.6 Å². The molecule has 6 nitrogen and oxygen atoms in total. The monoisotopic (exact) mass is 480 g/mol. The third-order valence-electron chi connectivity index (χ3n) is 6.37. The summed E-state index contributed by atoms with van der Waals surface area (Å²) in [5, 5.41) is 10.2.